The van der Waals surface area contributed by atoms with Gasteiger partial charge < -0.3 is 20.4 Å². The number of carbonyl (C=O) groups excluding carboxylic acids is 4. The van der Waals surface area contributed by atoms with E-state index in [0.29, 0.717) is 37.6 Å². The van der Waals surface area contributed by atoms with Crippen LogP contribution in [0.1, 0.15) is 13.8 Å². The fourth-order valence-electron chi connectivity index (χ4n) is 2.43. The van der Waals surface area contributed by atoms with Crippen LogP contribution in [0.2, 0.25) is 0 Å². The molecule has 8 heteroatoms. The lowest BCUT2D eigenvalue weighted by Gasteiger charge is -2.33. The van der Waals surface area contributed by atoms with Crippen molar-refractivity contribution in [2.24, 2.45) is 0 Å². The van der Waals surface area contributed by atoms with Crippen molar-refractivity contribution in [3.8, 4) is 0 Å². The predicted octanol–water partition coefficient (Wildman–Crippen LogP) is 0.274. The highest BCUT2D eigenvalue weighted by atomic mass is 16.2. The van der Waals surface area contributed by atoms with Crippen LogP contribution in [0.4, 0.5) is 11.4 Å². The molecule has 0 saturated carbocycles. The van der Waals surface area contributed by atoms with Crippen molar-refractivity contribution in [3.63, 3.8) is 0 Å². The van der Waals surface area contributed by atoms with Gasteiger partial charge >= 0.3 is 11.8 Å². The van der Waals surface area contributed by atoms with Crippen molar-refractivity contribution in [1.82, 2.24) is 9.80 Å². The van der Waals surface area contributed by atoms with Crippen molar-refractivity contribution in [1.29, 1.82) is 0 Å². The Bertz CT molecular complexity index is 666. The molecule has 128 valence electrons. The highest BCUT2D eigenvalue weighted by Gasteiger charge is 2.26. The van der Waals surface area contributed by atoms with Gasteiger partial charge in [-0.05, 0) is 18.2 Å². The SMILES string of the molecule is CC(=O)Nc1cccc(NC(=O)C(=O)N2CCN(C(C)=O)CC2)c1. The van der Waals surface area contributed by atoms with E-state index in [9.17, 15) is 19.2 Å². The molecule has 1 aliphatic heterocycles. The summed E-state index contributed by atoms with van der Waals surface area (Å²) in [6.45, 7) is 4.37. The number of hydrogen-bond donors (Lipinski definition) is 2. The molecular weight excluding hydrogens is 312 g/mol. The quantitative estimate of drug-likeness (QED) is 0.760. The third kappa shape index (κ3) is 4.55. The molecule has 1 heterocycles. The lowest BCUT2D eigenvalue weighted by atomic mass is 10.2. The van der Waals surface area contributed by atoms with Gasteiger partial charge in [-0.3, -0.25) is 19.2 Å². The van der Waals surface area contributed by atoms with E-state index >= 15 is 0 Å². The van der Waals surface area contributed by atoms with E-state index in [1.165, 1.54) is 18.7 Å². The molecule has 0 atom stereocenters. The monoisotopic (exact) mass is 332 g/mol. The summed E-state index contributed by atoms with van der Waals surface area (Å²) in [5.74, 6) is -1.64. The van der Waals surface area contributed by atoms with E-state index < -0.39 is 11.8 Å². The fourth-order valence-corrected chi connectivity index (χ4v) is 2.43. The third-order valence-electron chi connectivity index (χ3n) is 3.65. The Balaban J connectivity index is 1.94. The highest BCUT2D eigenvalue weighted by Crippen LogP contribution is 2.15. The molecule has 8 nitrogen and oxygen atoms in total. The molecule has 0 radical (unpaired) electrons. The maximum absolute atomic E-state index is 12.2. The van der Waals surface area contributed by atoms with Gasteiger partial charge in [-0.1, -0.05) is 6.07 Å². The normalized spacial score (nSPS) is 14.1. The number of nitrogens with zero attached hydrogens (tertiary/aromatic N) is 2. The molecule has 1 aliphatic rings. The van der Waals surface area contributed by atoms with Crippen LogP contribution in [0.15, 0.2) is 24.3 Å². The van der Waals surface area contributed by atoms with Crippen molar-refractivity contribution in [2.45, 2.75) is 13.8 Å². The van der Waals surface area contributed by atoms with Gasteiger partial charge in [-0.15, -0.1) is 0 Å². The highest BCUT2D eigenvalue weighted by molar-refractivity contribution is 6.39. The zero-order valence-electron chi connectivity index (χ0n) is 13.7. The second kappa shape index (κ2) is 7.58. The number of nitrogens with one attached hydrogen (secondary N) is 2. The minimum absolute atomic E-state index is 0.0404. The summed E-state index contributed by atoms with van der Waals surface area (Å²) in [4.78, 5) is 49.7. The molecule has 0 aliphatic carbocycles. The van der Waals surface area contributed by atoms with Crippen LogP contribution >= 0.6 is 0 Å². The molecule has 0 unspecified atom stereocenters. The van der Waals surface area contributed by atoms with E-state index in [4.69, 9.17) is 0 Å². The van der Waals surface area contributed by atoms with E-state index in [1.807, 2.05) is 0 Å². The van der Waals surface area contributed by atoms with Crippen LogP contribution < -0.4 is 10.6 Å². The second-order valence-corrected chi connectivity index (χ2v) is 5.51. The summed E-state index contributed by atoms with van der Waals surface area (Å²) in [5.41, 5.74) is 0.949. The first-order chi connectivity index (χ1) is 11.4. The predicted molar refractivity (Wildman–Crippen MR) is 88.2 cm³/mol. The molecular formula is C16H20N4O4. The summed E-state index contributed by atoms with van der Waals surface area (Å²) in [5, 5.41) is 5.13. The largest absolute Gasteiger partial charge is 0.339 e. The zero-order chi connectivity index (χ0) is 17.7. The van der Waals surface area contributed by atoms with Gasteiger partial charge in [0.05, 0.1) is 0 Å². The van der Waals surface area contributed by atoms with Crippen LogP contribution in [0.3, 0.4) is 0 Å². The van der Waals surface area contributed by atoms with Gasteiger partial charge in [0.25, 0.3) is 0 Å². The smallest absolute Gasteiger partial charge is 0.313 e. The molecule has 1 fully saturated rings. The molecule has 2 N–H and O–H groups in total. The van der Waals surface area contributed by atoms with Gasteiger partial charge in [0, 0.05) is 51.4 Å². The standard InChI is InChI=1S/C16H20N4O4/c1-11(21)17-13-4-3-5-14(10-13)18-15(23)16(24)20-8-6-19(7-9-20)12(2)22/h3-5,10H,6-9H2,1-2H3,(H,17,21)(H,18,23). The third-order valence-corrected chi connectivity index (χ3v) is 3.65. The first-order valence-corrected chi connectivity index (χ1v) is 7.60. The molecule has 0 aromatic heterocycles. The molecule has 1 saturated heterocycles. The van der Waals surface area contributed by atoms with Crippen LogP contribution in [0, 0.1) is 0 Å². The lowest BCUT2D eigenvalue weighted by molar-refractivity contribution is -0.145. The Hall–Kier alpha value is -2.90. The van der Waals surface area contributed by atoms with Crippen LogP contribution in [0.5, 0.6) is 0 Å². The van der Waals surface area contributed by atoms with Crippen molar-refractivity contribution in [3.05, 3.63) is 24.3 Å². The molecule has 1 aromatic rings. The van der Waals surface area contributed by atoms with Gasteiger partial charge in [0.15, 0.2) is 0 Å². The number of anilines is 2. The first kappa shape index (κ1) is 17.5. The molecule has 1 aromatic carbocycles. The number of piperazine rings is 1. The van der Waals surface area contributed by atoms with Gasteiger partial charge in [0.1, 0.15) is 0 Å². The number of hydrogen-bond acceptors (Lipinski definition) is 4. The minimum atomic E-state index is -0.744. The minimum Gasteiger partial charge on any atom is -0.339 e. The maximum atomic E-state index is 12.2. The number of benzene rings is 1. The summed E-state index contributed by atoms with van der Waals surface area (Å²) in [6, 6.07) is 6.54. The van der Waals surface area contributed by atoms with Crippen molar-refractivity contribution < 1.29 is 19.2 Å². The van der Waals surface area contributed by atoms with Crippen molar-refractivity contribution in [2.75, 3.05) is 36.8 Å². The summed E-state index contributed by atoms with van der Waals surface area (Å²) in [7, 11) is 0. The average Bonchev–Trinajstić information content (AvgIpc) is 2.54. The molecule has 24 heavy (non-hydrogen) atoms. The maximum Gasteiger partial charge on any atom is 0.313 e. The Morgan fingerprint density at radius 2 is 1.42 bits per heavy atom. The van der Waals surface area contributed by atoms with Crippen LogP contribution in [-0.2, 0) is 19.2 Å². The average molecular weight is 332 g/mol. The summed E-state index contributed by atoms with van der Waals surface area (Å²) < 4.78 is 0. The van der Waals surface area contributed by atoms with Gasteiger partial charge in [0.2, 0.25) is 11.8 Å². The molecule has 4 amide bonds. The van der Waals surface area contributed by atoms with E-state index in [0.717, 1.165) is 0 Å². The number of carbonyl (C=O) groups is 4. The van der Waals surface area contributed by atoms with Gasteiger partial charge in [-0.25, -0.2) is 0 Å². The molecule has 2 rings (SSSR count). The number of amides is 4. The van der Waals surface area contributed by atoms with E-state index in [1.54, 1.807) is 29.2 Å². The van der Waals surface area contributed by atoms with Gasteiger partial charge in [-0.2, -0.15) is 0 Å². The van der Waals surface area contributed by atoms with Crippen LogP contribution in [-0.4, -0.2) is 59.6 Å². The van der Waals surface area contributed by atoms with E-state index in [2.05, 4.69) is 10.6 Å². The summed E-state index contributed by atoms with van der Waals surface area (Å²) >= 11 is 0. The first-order valence-electron chi connectivity index (χ1n) is 7.60. The van der Waals surface area contributed by atoms with E-state index in [-0.39, 0.29) is 11.8 Å². The topological polar surface area (TPSA) is 98.8 Å². The Morgan fingerprint density at radius 1 is 0.875 bits per heavy atom. The Labute approximate surface area is 139 Å². The van der Waals surface area contributed by atoms with Crippen molar-refractivity contribution >= 4 is 35.0 Å². The van der Waals surface area contributed by atoms with Crippen LogP contribution in [0.25, 0.3) is 0 Å². The lowest BCUT2D eigenvalue weighted by Crippen LogP contribution is -2.52. The fraction of sp³-hybridized carbons (Fsp3) is 0.375. The Kier molecular flexibility index (Phi) is 5.51. The summed E-state index contributed by atoms with van der Waals surface area (Å²) in [6.07, 6.45) is 0. The zero-order valence-corrected chi connectivity index (χ0v) is 13.7. The number of rotatable bonds is 2. The second-order valence-electron chi connectivity index (χ2n) is 5.51. The molecule has 0 spiro atoms. The Morgan fingerprint density at radius 3 is 1.96 bits per heavy atom. The molecule has 0 bridgehead atoms.